The van der Waals surface area contributed by atoms with Gasteiger partial charge in [0.1, 0.15) is 5.75 Å². The highest BCUT2D eigenvalue weighted by Gasteiger charge is 2.20. The van der Waals surface area contributed by atoms with Crippen LogP contribution in [0.3, 0.4) is 0 Å². The second-order valence-electron chi connectivity index (χ2n) is 6.27. The van der Waals surface area contributed by atoms with Gasteiger partial charge in [0.15, 0.2) is 0 Å². The van der Waals surface area contributed by atoms with Gasteiger partial charge in [-0.25, -0.2) is 8.42 Å². The Morgan fingerprint density at radius 3 is 2.67 bits per heavy atom. The molecule has 0 saturated carbocycles. The van der Waals surface area contributed by atoms with Gasteiger partial charge in [0.25, 0.3) is 0 Å². The molecule has 1 N–H and O–H groups in total. The number of benzene rings is 1. The van der Waals surface area contributed by atoms with Gasteiger partial charge in [-0.05, 0) is 31.3 Å². The molecule has 8 heteroatoms. The number of carbonyl (C=O) groups is 1. The number of hydrogen-bond acceptors (Lipinski definition) is 5. The molecule has 134 valence electrons. The Labute approximate surface area is 143 Å². The summed E-state index contributed by atoms with van der Waals surface area (Å²) < 4.78 is 29.3. The van der Waals surface area contributed by atoms with Crippen LogP contribution < -0.4 is 10.1 Å². The van der Waals surface area contributed by atoms with Crippen LogP contribution in [0.1, 0.15) is 17.2 Å². The van der Waals surface area contributed by atoms with E-state index in [1.807, 2.05) is 31.1 Å². The van der Waals surface area contributed by atoms with E-state index in [2.05, 4.69) is 11.4 Å². The van der Waals surface area contributed by atoms with Crippen molar-refractivity contribution in [2.24, 2.45) is 0 Å². The normalized spacial score (nSPS) is 15.2. The summed E-state index contributed by atoms with van der Waals surface area (Å²) in [4.78, 5) is 14.0. The fourth-order valence-corrected chi connectivity index (χ4v) is 2.95. The zero-order valence-electron chi connectivity index (χ0n) is 14.6. The minimum atomic E-state index is -3.36. The average molecular weight is 355 g/mol. The highest BCUT2D eigenvalue weighted by Crippen LogP contribution is 2.29. The highest BCUT2D eigenvalue weighted by molar-refractivity contribution is 7.88. The molecular weight excluding hydrogens is 330 g/mol. The zero-order valence-corrected chi connectivity index (χ0v) is 15.4. The van der Waals surface area contributed by atoms with Crippen molar-refractivity contribution >= 4 is 15.9 Å². The number of hydrogen-bond donors (Lipinski definition) is 1. The van der Waals surface area contributed by atoms with Gasteiger partial charge in [-0.3, -0.25) is 4.79 Å². The van der Waals surface area contributed by atoms with E-state index in [1.165, 1.54) is 12.6 Å². The highest BCUT2D eigenvalue weighted by atomic mass is 32.2. The average Bonchev–Trinajstić information content (AvgIpc) is 2.93. The fourth-order valence-electron chi connectivity index (χ4n) is 2.60. The molecule has 1 atom stereocenters. The predicted molar refractivity (Wildman–Crippen MR) is 92.6 cm³/mol. The third-order valence-corrected chi connectivity index (χ3v) is 5.41. The van der Waals surface area contributed by atoms with Crippen LogP contribution in [-0.2, 0) is 21.2 Å². The maximum absolute atomic E-state index is 12.0. The van der Waals surface area contributed by atoms with Crippen molar-refractivity contribution in [1.82, 2.24) is 14.5 Å². The first-order valence-electron chi connectivity index (χ1n) is 7.78. The molecular formula is C16H25N3O4S. The molecule has 1 heterocycles. The molecule has 1 amide bonds. The molecule has 24 heavy (non-hydrogen) atoms. The second kappa shape index (κ2) is 7.50. The monoisotopic (exact) mass is 355 g/mol. The molecule has 1 unspecified atom stereocenters. The lowest BCUT2D eigenvalue weighted by Gasteiger charge is -2.26. The number of nitrogens with one attached hydrogen (secondary N) is 1. The number of sulfonamides is 1. The Kier molecular flexibility index (Phi) is 5.84. The molecule has 1 aromatic carbocycles. The molecule has 1 aliphatic heterocycles. The van der Waals surface area contributed by atoms with Crippen LogP contribution in [-0.4, -0.2) is 70.6 Å². The Hall–Kier alpha value is -1.64. The van der Waals surface area contributed by atoms with E-state index < -0.39 is 10.0 Å². The third kappa shape index (κ3) is 4.68. The summed E-state index contributed by atoms with van der Waals surface area (Å²) in [5.41, 5.74) is 2.28. The van der Waals surface area contributed by atoms with Gasteiger partial charge in [0.2, 0.25) is 15.9 Å². The second-order valence-corrected chi connectivity index (χ2v) is 8.36. The summed E-state index contributed by atoms with van der Waals surface area (Å²) in [6.45, 7) is 0.931. The summed E-state index contributed by atoms with van der Waals surface area (Å²) in [6, 6.07) is 6.09. The van der Waals surface area contributed by atoms with Crippen LogP contribution >= 0.6 is 0 Å². The van der Waals surface area contributed by atoms with Gasteiger partial charge < -0.3 is 15.0 Å². The summed E-state index contributed by atoms with van der Waals surface area (Å²) >= 11 is 0. The SMILES string of the molecule is CN(C)C(CNC(=O)CN(C)S(C)(=O)=O)c1ccc2c(c1)CCO2. The molecule has 0 radical (unpaired) electrons. The summed E-state index contributed by atoms with van der Waals surface area (Å²) in [5.74, 6) is 0.606. The lowest BCUT2D eigenvalue weighted by Crippen LogP contribution is -2.41. The van der Waals surface area contributed by atoms with E-state index in [0.717, 1.165) is 28.3 Å². The van der Waals surface area contributed by atoms with Crippen molar-refractivity contribution < 1.29 is 17.9 Å². The van der Waals surface area contributed by atoms with Crippen LogP contribution in [0.4, 0.5) is 0 Å². The summed E-state index contributed by atoms with van der Waals surface area (Å²) in [5, 5.41) is 2.82. The van der Waals surface area contributed by atoms with E-state index in [4.69, 9.17) is 4.74 Å². The number of ether oxygens (including phenoxy) is 1. The Balaban J connectivity index is 2.00. The van der Waals surface area contributed by atoms with E-state index in [-0.39, 0.29) is 18.5 Å². The van der Waals surface area contributed by atoms with Crippen LogP contribution in [0, 0.1) is 0 Å². The Morgan fingerprint density at radius 1 is 1.33 bits per heavy atom. The van der Waals surface area contributed by atoms with E-state index >= 15 is 0 Å². The number of nitrogens with zero attached hydrogens (tertiary/aromatic N) is 2. The van der Waals surface area contributed by atoms with Crippen LogP contribution in [0.25, 0.3) is 0 Å². The largest absolute Gasteiger partial charge is 0.493 e. The van der Waals surface area contributed by atoms with Crippen molar-refractivity contribution in [1.29, 1.82) is 0 Å². The number of amides is 1. The number of fused-ring (bicyclic) bond motifs is 1. The molecule has 1 aromatic rings. The van der Waals surface area contributed by atoms with Gasteiger partial charge in [-0.2, -0.15) is 4.31 Å². The minimum absolute atomic E-state index is 0.00314. The molecule has 0 fully saturated rings. The van der Waals surface area contributed by atoms with Crippen molar-refractivity contribution in [2.75, 3.05) is 47.1 Å². The maximum Gasteiger partial charge on any atom is 0.235 e. The quantitative estimate of drug-likeness (QED) is 0.758. The maximum atomic E-state index is 12.0. The molecule has 0 bridgehead atoms. The van der Waals surface area contributed by atoms with Crippen LogP contribution in [0.5, 0.6) is 5.75 Å². The predicted octanol–water partition coefficient (Wildman–Crippen LogP) is 0.232. The first kappa shape index (κ1) is 18.7. The van der Waals surface area contributed by atoms with Gasteiger partial charge in [-0.15, -0.1) is 0 Å². The minimum Gasteiger partial charge on any atom is -0.493 e. The molecule has 0 aliphatic carbocycles. The topological polar surface area (TPSA) is 79.0 Å². The van der Waals surface area contributed by atoms with Crippen molar-refractivity contribution in [3.05, 3.63) is 29.3 Å². The van der Waals surface area contributed by atoms with Crippen molar-refractivity contribution in [2.45, 2.75) is 12.5 Å². The summed E-state index contributed by atoms with van der Waals surface area (Å²) in [6.07, 6.45) is 1.98. The van der Waals surface area contributed by atoms with Crippen molar-refractivity contribution in [3.63, 3.8) is 0 Å². The van der Waals surface area contributed by atoms with Gasteiger partial charge in [0.05, 0.1) is 25.4 Å². The number of likely N-dealkylation sites (N-methyl/N-ethyl adjacent to an activating group) is 2. The molecule has 2 rings (SSSR count). The zero-order chi connectivity index (χ0) is 17.9. The lowest BCUT2D eigenvalue weighted by molar-refractivity contribution is -0.121. The molecule has 7 nitrogen and oxygen atoms in total. The van der Waals surface area contributed by atoms with Gasteiger partial charge in [-0.1, -0.05) is 12.1 Å². The molecule has 1 aliphatic rings. The fraction of sp³-hybridized carbons (Fsp3) is 0.562. The van der Waals surface area contributed by atoms with E-state index in [9.17, 15) is 13.2 Å². The molecule has 0 spiro atoms. The molecule has 0 saturated heterocycles. The Bertz CT molecular complexity index is 703. The standard InChI is InChI=1S/C16H25N3O4S/c1-18(2)14(10-17-16(20)11-19(3)24(4,21)22)12-5-6-15-13(9-12)7-8-23-15/h5-6,9,14H,7-8,10-11H2,1-4H3,(H,17,20). The van der Waals surface area contributed by atoms with Crippen molar-refractivity contribution in [3.8, 4) is 5.75 Å². The Morgan fingerprint density at radius 2 is 2.04 bits per heavy atom. The van der Waals surface area contributed by atoms with Crippen LogP contribution in [0.15, 0.2) is 18.2 Å². The lowest BCUT2D eigenvalue weighted by atomic mass is 10.0. The third-order valence-electron chi connectivity index (χ3n) is 4.15. The first-order valence-corrected chi connectivity index (χ1v) is 9.63. The number of carbonyl (C=O) groups excluding carboxylic acids is 1. The van der Waals surface area contributed by atoms with E-state index in [0.29, 0.717) is 13.2 Å². The van der Waals surface area contributed by atoms with E-state index in [1.54, 1.807) is 0 Å². The molecule has 0 aromatic heterocycles. The first-order chi connectivity index (χ1) is 11.2. The van der Waals surface area contributed by atoms with Gasteiger partial charge in [0, 0.05) is 20.0 Å². The smallest absolute Gasteiger partial charge is 0.235 e. The number of rotatable bonds is 7. The summed E-state index contributed by atoms with van der Waals surface area (Å²) in [7, 11) is 1.92. The van der Waals surface area contributed by atoms with Gasteiger partial charge >= 0.3 is 0 Å². The van der Waals surface area contributed by atoms with Crippen LogP contribution in [0.2, 0.25) is 0 Å².